The summed E-state index contributed by atoms with van der Waals surface area (Å²) in [5.74, 6) is -1.17. The number of aliphatic hydroxyl groups is 1. The highest BCUT2D eigenvalue weighted by Crippen LogP contribution is 2.33. The molecule has 10 heteroatoms. The summed E-state index contributed by atoms with van der Waals surface area (Å²) in [5.41, 5.74) is 1.17. The van der Waals surface area contributed by atoms with E-state index in [1.807, 2.05) is 0 Å². The minimum atomic E-state index is -3.67. The van der Waals surface area contributed by atoms with Gasteiger partial charge in [-0.3, -0.25) is 4.79 Å². The lowest BCUT2D eigenvalue weighted by atomic mass is 10.1. The molecule has 2 heterocycles. The van der Waals surface area contributed by atoms with Gasteiger partial charge in [0, 0.05) is 25.3 Å². The summed E-state index contributed by atoms with van der Waals surface area (Å²) >= 11 is 0. The van der Waals surface area contributed by atoms with Gasteiger partial charge in [-0.1, -0.05) is 0 Å². The number of benzene rings is 1. The van der Waals surface area contributed by atoms with E-state index < -0.39 is 27.0 Å². The summed E-state index contributed by atoms with van der Waals surface area (Å²) in [6.45, 7) is 4.71. The van der Waals surface area contributed by atoms with Crippen molar-refractivity contribution in [3.8, 4) is 0 Å². The molecule has 0 spiro atoms. The van der Waals surface area contributed by atoms with Crippen LogP contribution in [0.2, 0.25) is 0 Å². The molecule has 0 aliphatic carbocycles. The van der Waals surface area contributed by atoms with Crippen molar-refractivity contribution in [2.45, 2.75) is 43.3 Å². The molecule has 2 N–H and O–H groups in total. The second-order valence-electron chi connectivity index (χ2n) is 8.24. The Labute approximate surface area is 188 Å². The van der Waals surface area contributed by atoms with Gasteiger partial charge in [0.05, 0.1) is 41.7 Å². The fourth-order valence-electron chi connectivity index (χ4n) is 3.95. The van der Waals surface area contributed by atoms with E-state index in [0.717, 1.165) is 38.0 Å². The maximum absolute atomic E-state index is 13.0. The average Bonchev–Trinajstić information content (AvgIpc) is 3.09. The zero-order valence-corrected chi connectivity index (χ0v) is 19.6. The van der Waals surface area contributed by atoms with E-state index in [1.54, 1.807) is 32.0 Å². The third-order valence-electron chi connectivity index (χ3n) is 5.82. The Morgan fingerprint density at radius 2 is 1.91 bits per heavy atom. The normalized spacial score (nSPS) is 17.3. The van der Waals surface area contributed by atoms with Crippen LogP contribution in [0.3, 0.4) is 0 Å². The quantitative estimate of drug-likeness (QED) is 0.556. The lowest BCUT2D eigenvalue weighted by Gasteiger charge is -2.29. The molecular weight excluding hydrogens is 434 g/mol. The number of aliphatic hydroxyl groups excluding tert-OH is 1. The molecule has 0 radical (unpaired) electrons. The molecule has 0 aromatic heterocycles. The van der Waals surface area contributed by atoms with Crippen molar-refractivity contribution in [1.29, 1.82) is 0 Å². The molecule has 32 heavy (non-hydrogen) atoms. The third kappa shape index (κ3) is 4.75. The molecular formula is C22H31N3O6S. The molecule has 2 aliphatic heterocycles. The number of carbonyl (C=O) groups is 2. The maximum Gasteiger partial charge on any atom is 0.337 e. The van der Waals surface area contributed by atoms with Crippen LogP contribution in [0.5, 0.6) is 0 Å². The number of rotatable bonds is 8. The molecule has 0 bridgehead atoms. The molecule has 1 saturated heterocycles. The van der Waals surface area contributed by atoms with Crippen molar-refractivity contribution in [2.75, 3.05) is 50.1 Å². The highest BCUT2D eigenvalue weighted by molar-refractivity contribution is 7.92. The molecule has 176 valence electrons. The number of nitrogens with one attached hydrogen (secondary N) is 1. The number of carbonyl (C=O) groups excluding carboxylic acids is 2. The molecule has 1 aromatic rings. The Morgan fingerprint density at radius 1 is 1.22 bits per heavy atom. The van der Waals surface area contributed by atoms with E-state index in [1.165, 1.54) is 12.0 Å². The minimum Gasteiger partial charge on any atom is -0.466 e. The van der Waals surface area contributed by atoms with Crippen molar-refractivity contribution in [3.63, 3.8) is 0 Å². The molecule has 1 amide bonds. The summed E-state index contributed by atoms with van der Waals surface area (Å²) in [6, 6.07) is 5.07. The molecule has 2 aliphatic rings. The summed E-state index contributed by atoms with van der Waals surface area (Å²) in [7, 11) is -2.45. The molecule has 3 rings (SSSR count). The first kappa shape index (κ1) is 24.1. The van der Waals surface area contributed by atoms with Gasteiger partial charge in [0.15, 0.2) is 9.84 Å². The van der Waals surface area contributed by atoms with E-state index in [2.05, 4.69) is 10.2 Å². The van der Waals surface area contributed by atoms with E-state index in [-0.39, 0.29) is 41.5 Å². The first-order valence-corrected chi connectivity index (χ1v) is 12.4. The van der Waals surface area contributed by atoms with Crippen molar-refractivity contribution < 1.29 is 27.9 Å². The average molecular weight is 466 g/mol. The van der Waals surface area contributed by atoms with Crippen molar-refractivity contribution in [2.24, 2.45) is 0 Å². The Hall–Kier alpha value is -2.59. The van der Waals surface area contributed by atoms with Crippen LogP contribution in [0.4, 0.5) is 11.4 Å². The van der Waals surface area contributed by atoms with Crippen LogP contribution in [0, 0.1) is 0 Å². The van der Waals surface area contributed by atoms with Crippen molar-refractivity contribution >= 4 is 33.1 Å². The smallest absolute Gasteiger partial charge is 0.337 e. The largest absolute Gasteiger partial charge is 0.466 e. The van der Waals surface area contributed by atoms with Crippen LogP contribution in [0.1, 0.15) is 33.1 Å². The molecule has 1 aromatic carbocycles. The topological polar surface area (TPSA) is 116 Å². The van der Waals surface area contributed by atoms with Crippen molar-refractivity contribution in [3.05, 3.63) is 29.5 Å². The number of β-amino-alcohol motifs (C(OH)–C–C–N with tert-alkyl or cyclic N) is 1. The molecule has 1 fully saturated rings. The monoisotopic (exact) mass is 465 g/mol. The van der Waals surface area contributed by atoms with Gasteiger partial charge >= 0.3 is 5.97 Å². The summed E-state index contributed by atoms with van der Waals surface area (Å²) in [4.78, 5) is 28.8. The van der Waals surface area contributed by atoms with E-state index in [9.17, 15) is 23.1 Å². The number of hydrogen-bond donors (Lipinski definition) is 2. The number of amides is 1. The van der Waals surface area contributed by atoms with Gasteiger partial charge in [-0.05, 0) is 51.3 Å². The van der Waals surface area contributed by atoms with Gasteiger partial charge in [-0.25, -0.2) is 13.2 Å². The van der Waals surface area contributed by atoms with E-state index >= 15 is 0 Å². The molecule has 0 unspecified atom stereocenters. The molecule has 9 nitrogen and oxygen atoms in total. The summed E-state index contributed by atoms with van der Waals surface area (Å²) < 4.78 is 30.9. The van der Waals surface area contributed by atoms with Crippen LogP contribution < -0.4 is 10.2 Å². The second-order valence-corrected chi connectivity index (χ2v) is 10.7. The number of nitrogens with zero attached hydrogens (tertiary/aromatic N) is 2. The summed E-state index contributed by atoms with van der Waals surface area (Å²) in [5, 5.41) is 11.6. The maximum atomic E-state index is 13.0. The van der Waals surface area contributed by atoms with Gasteiger partial charge in [-0.15, -0.1) is 0 Å². The Morgan fingerprint density at radius 3 is 2.50 bits per heavy atom. The fourth-order valence-corrected chi connectivity index (χ4v) is 5.13. The van der Waals surface area contributed by atoms with Crippen LogP contribution in [0.25, 0.3) is 0 Å². The van der Waals surface area contributed by atoms with Crippen LogP contribution in [-0.4, -0.2) is 75.4 Å². The van der Waals surface area contributed by atoms with Gasteiger partial charge in [-0.2, -0.15) is 0 Å². The SMILES string of the molecule is COC(=O)C1=C(Nc2cc(N3CCCCC3)ccc2S(=O)(=O)C(C)C)C(=O)N(CCO)C1. The predicted octanol–water partition coefficient (Wildman–Crippen LogP) is 1.53. The van der Waals surface area contributed by atoms with Crippen LogP contribution >= 0.6 is 0 Å². The van der Waals surface area contributed by atoms with E-state index in [4.69, 9.17) is 4.74 Å². The first-order chi connectivity index (χ1) is 15.2. The van der Waals surface area contributed by atoms with Gasteiger partial charge in [0.25, 0.3) is 5.91 Å². The van der Waals surface area contributed by atoms with Gasteiger partial charge in [0.2, 0.25) is 0 Å². The van der Waals surface area contributed by atoms with Crippen molar-refractivity contribution in [1.82, 2.24) is 4.90 Å². The Kier molecular flexibility index (Phi) is 7.45. The fraction of sp³-hybridized carbons (Fsp3) is 0.545. The Balaban J connectivity index is 2.08. The predicted molar refractivity (Wildman–Crippen MR) is 121 cm³/mol. The summed E-state index contributed by atoms with van der Waals surface area (Å²) in [6.07, 6.45) is 3.27. The number of ether oxygens (including phenoxy) is 1. The molecule has 0 atom stereocenters. The van der Waals surface area contributed by atoms with Crippen LogP contribution in [0.15, 0.2) is 34.4 Å². The highest BCUT2D eigenvalue weighted by atomic mass is 32.2. The van der Waals surface area contributed by atoms with E-state index in [0.29, 0.717) is 0 Å². The highest BCUT2D eigenvalue weighted by Gasteiger charge is 2.35. The second kappa shape index (κ2) is 9.91. The molecule has 0 saturated carbocycles. The minimum absolute atomic E-state index is 0.0213. The zero-order chi connectivity index (χ0) is 23.5. The number of hydrogen-bond acceptors (Lipinski definition) is 8. The number of piperidine rings is 1. The number of anilines is 2. The van der Waals surface area contributed by atoms with Gasteiger partial charge < -0.3 is 25.0 Å². The zero-order valence-electron chi connectivity index (χ0n) is 18.8. The third-order valence-corrected chi connectivity index (χ3v) is 8.03. The van der Waals surface area contributed by atoms with Crippen LogP contribution in [-0.2, 0) is 24.2 Å². The Bertz CT molecular complexity index is 1010. The lowest BCUT2D eigenvalue weighted by molar-refractivity contribution is -0.136. The number of sulfone groups is 1. The number of esters is 1. The van der Waals surface area contributed by atoms with Gasteiger partial charge in [0.1, 0.15) is 5.70 Å². The first-order valence-electron chi connectivity index (χ1n) is 10.8. The lowest BCUT2D eigenvalue weighted by Crippen LogP contribution is -2.31. The number of methoxy groups -OCH3 is 1. The standard InChI is InChI=1S/C22H31N3O6S/c1-15(2)32(29,30)19-8-7-16(24-9-5-4-6-10-24)13-18(19)23-20-17(22(28)31-3)14-25(11-12-26)21(20)27/h7-8,13,15,23,26H,4-6,9-12,14H2,1-3H3.